The number of ketones is 1. The first-order valence-corrected chi connectivity index (χ1v) is 11.1. The number of rotatable bonds is 5. The summed E-state index contributed by atoms with van der Waals surface area (Å²) in [5.74, 6) is 2.08. The zero-order valence-corrected chi connectivity index (χ0v) is 17.5. The zero-order valence-electron chi connectivity index (χ0n) is 17.5. The molecule has 3 unspecified atom stereocenters. The third-order valence-electron chi connectivity index (χ3n) is 7.15. The van der Waals surface area contributed by atoms with Crippen molar-refractivity contribution in [3.8, 4) is 0 Å². The number of aliphatic imine (C=N–C) groups is 1. The fourth-order valence-corrected chi connectivity index (χ4v) is 5.80. The number of ether oxygens (including phenoxy) is 1. The number of fused-ring (bicyclic) bond motifs is 2. The Morgan fingerprint density at radius 2 is 1.97 bits per heavy atom. The van der Waals surface area contributed by atoms with Crippen LogP contribution in [0.1, 0.15) is 44.6 Å². The Morgan fingerprint density at radius 1 is 1.17 bits per heavy atom. The third kappa shape index (κ3) is 4.10. The van der Waals surface area contributed by atoms with Gasteiger partial charge in [-0.25, -0.2) is 4.79 Å². The van der Waals surface area contributed by atoms with E-state index in [0.717, 1.165) is 45.2 Å². The molecule has 5 atom stereocenters. The first kappa shape index (κ1) is 20.1. The fraction of sp³-hybridized carbons (Fsp3) is 0.625. The molecule has 0 N–H and O–H groups in total. The predicted octanol–water partition coefficient (Wildman–Crippen LogP) is 4.15. The lowest BCUT2D eigenvalue weighted by Crippen LogP contribution is -2.44. The van der Waals surface area contributed by atoms with Gasteiger partial charge in [0.2, 0.25) is 0 Å². The molecule has 2 aliphatic heterocycles. The fourth-order valence-electron chi connectivity index (χ4n) is 5.80. The first-order chi connectivity index (χ1) is 14.1. The van der Waals surface area contributed by atoms with Crippen LogP contribution in [-0.4, -0.2) is 48.7 Å². The number of likely N-dealkylation sites (tertiary alicyclic amines) is 1. The summed E-state index contributed by atoms with van der Waals surface area (Å²) in [6, 6.07) is 10.5. The van der Waals surface area contributed by atoms with E-state index in [-0.39, 0.29) is 12.1 Å². The highest BCUT2D eigenvalue weighted by Gasteiger charge is 2.49. The minimum atomic E-state index is -0.223. The minimum Gasteiger partial charge on any atom is -0.453 e. The lowest BCUT2D eigenvalue weighted by molar-refractivity contribution is -0.120. The number of methoxy groups -OCH3 is 1. The van der Waals surface area contributed by atoms with Gasteiger partial charge in [0.15, 0.2) is 5.78 Å². The number of amides is 1. The second kappa shape index (κ2) is 8.68. The van der Waals surface area contributed by atoms with Crippen LogP contribution in [0, 0.1) is 23.7 Å². The number of hydrogen-bond acceptors (Lipinski definition) is 4. The molecule has 1 saturated carbocycles. The average molecular weight is 397 g/mol. The molecule has 0 radical (unpaired) electrons. The van der Waals surface area contributed by atoms with Gasteiger partial charge in [0, 0.05) is 31.1 Å². The summed E-state index contributed by atoms with van der Waals surface area (Å²) in [7, 11) is 1.46. The largest absolute Gasteiger partial charge is 0.453 e. The third-order valence-corrected chi connectivity index (χ3v) is 7.15. The Bertz CT molecular complexity index is 776. The Morgan fingerprint density at radius 3 is 2.69 bits per heavy atom. The van der Waals surface area contributed by atoms with Crippen LogP contribution in [0.4, 0.5) is 4.79 Å². The number of benzene rings is 1. The Kier molecular flexibility index (Phi) is 6.02. The quantitative estimate of drug-likeness (QED) is 0.751. The van der Waals surface area contributed by atoms with E-state index in [1.54, 1.807) is 0 Å². The van der Waals surface area contributed by atoms with Crippen LogP contribution >= 0.6 is 0 Å². The van der Waals surface area contributed by atoms with Gasteiger partial charge in [-0.3, -0.25) is 9.79 Å². The number of carbonyl (C=O) groups excluding carboxylic acids is 2. The van der Waals surface area contributed by atoms with Crippen molar-refractivity contribution in [3.63, 3.8) is 0 Å². The first-order valence-electron chi connectivity index (χ1n) is 11.1. The van der Waals surface area contributed by atoms with Gasteiger partial charge in [0.05, 0.1) is 7.11 Å². The lowest BCUT2D eigenvalue weighted by atomic mass is 9.62. The molecule has 5 nitrogen and oxygen atoms in total. The van der Waals surface area contributed by atoms with E-state index in [2.05, 4.69) is 37.3 Å². The molecule has 1 aromatic rings. The summed E-state index contributed by atoms with van der Waals surface area (Å²) < 4.78 is 5.00. The summed E-state index contributed by atoms with van der Waals surface area (Å²) in [4.78, 5) is 31.5. The van der Waals surface area contributed by atoms with E-state index in [9.17, 15) is 9.59 Å². The number of hydrogen-bond donors (Lipinski definition) is 0. The van der Waals surface area contributed by atoms with E-state index in [1.807, 2.05) is 4.90 Å². The highest BCUT2D eigenvalue weighted by atomic mass is 16.5. The molecule has 1 aromatic carbocycles. The standard InChI is InChI=1S/C24H32N2O3/c1-3-7-23(27)21-11-10-18-19(12-16-8-5-4-6-9-16)20-15-26(24(28)29-2)14-17(20)13-22(18)25-21/h4-6,8-9,17-21H,3,7,10-15H2,1-2H3/t17-,18?,19?,20-,21?/m1/s1. The van der Waals surface area contributed by atoms with Crippen molar-refractivity contribution >= 4 is 17.6 Å². The van der Waals surface area contributed by atoms with Gasteiger partial charge >= 0.3 is 6.09 Å². The van der Waals surface area contributed by atoms with Gasteiger partial charge in [-0.05, 0) is 55.4 Å². The molecule has 1 saturated heterocycles. The van der Waals surface area contributed by atoms with Crippen molar-refractivity contribution in [1.29, 1.82) is 0 Å². The Hall–Kier alpha value is -2.17. The van der Waals surface area contributed by atoms with Crippen LogP contribution in [0.15, 0.2) is 35.3 Å². The second-order valence-electron chi connectivity index (χ2n) is 8.89. The molecule has 0 spiro atoms. The van der Waals surface area contributed by atoms with Gasteiger partial charge in [-0.2, -0.15) is 0 Å². The highest BCUT2D eigenvalue weighted by Crippen LogP contribution is 2.47. The van der Waals surface area contributed by atoms with Gasteiger partial charge < -0.3 is 9.64 Å². The molecule has 2 fully saturated rings. The normalized spacial score (nSPS) is 30.9. The smallest absolute Gasteiger partial charge is 0.409 e. The van der Waals surface area contributed by atoms with Crippen molar-refractivity contribution in [2.24, 2.45) is 28.7 Å². The monoisotopic (exact) mass is 396 g/mol. The number of carbonyl (C=O) groups is 2. The number of nitrogens with zero attached hydrogens (tertiary/aromatic N) is 2. The molecule has 1 amide bonds. The topological polar surface area (TPSA) is 59.0 Å². The van der Waals surface area contributed by atoms with Gasteiger partial charge in [-0.15, -0.1) is 0 Å². The van der Waals surface area contributed by atoms with Gasteiger partial charge in [-0.1, -0.05) is 37.3 Å². The van der Waals surface area contributed by atoms with E-state index in [4.69, 9.17) is 9.73 Å². The molecule has 156 valence electrons. The molecule has 2 heterocycles. The molecule has 0 aromatic heterocycles. The maximum absolute atomic E-state index is 12.5. The summed E-state index contributed by atoms with van der Waals surface area (Å²) in [6.45, 7) is 3.57. The minimum absolute atomic E-state index is 0.145. The summed E-state index contributed by atoms with van der Waals surface area (Å²) in [5.41, 5.74) is 2.58. The van der Waals surface area contributed by atoms with Crippen molar-refractivity contribution in [3.05, 3.63) is 35.9 Å². The predicted molar refractivity (Wildman–Crippen MR) is 113 cm³/mol. The van der Waals surface area contributed by atoms with Crippen molar-refractivity contribution < 1.29 is 14.3 Å². The van der Waals surface area contributed by atoms with Crippen molar-refractivity contribution in [2.75, 3.05) is 20.2 Å². The summed E-state index contributed by atoms with van der Waals surface area (Å²) in [5, 5.41) is 0. The van der Waals surface area contributed by atoms with Gasteiger partial charge in [0.1, 0.15) is 6.04 Å². The second-order valence-corrected chi connectivity index (χ2v) is 8.89. The highest BCUT2D eigenvalue weighted by molar-refractivity contribution is 5.93. The average Bonchev–Trinajstić information content (AvgIpc) is 3.17. The molecule has 5 heteroatoms. The lowest BCUT2D eigenvalue weighted by Gasteiger charge is -2.43. The van der Waals surface area contributed by atoms with E-state index >= 15 is 0 Å². The van der Waals surface area contributed by atoms with E-state index < -0.39 is 0 Å². The van der Waals surface area contributed by atoms with E-state index in [1.165, 1.54) is 18.4 Å². The van der Waals surface area contributed by atoms with Crippen molar-refractivity contribution in [2.45, 2.75) is 51.5 Å². The van der Waals surface area contributed by atoms with Crippen LogP contribution in [-0.2, 0) is 16.0 Å². The van der Waals surface area contributed by atoms with Crippen molar-refractivity contribution in [1.82, 2.24) is 4.90 Å². The van der Waals surface area contributed by atoms with Crippen LogP contribution < -0.4 is 0 Å². The van der Waals surface area contributed by atoms with Crippen LogP contribution in [0.25, 0.3) is 0 Å². The molecule has 1 aliphatic carbocycles. The molecular formula is C24H32N2O3. The molecule has 29 heavy (non-hydrogen) atoms. The molecule has 3 aliphatic rings. The SMILES string of the molecule is CCCC(=O)C1CCC2C(=N1)C[C@@H]1CN(C(=O)OC)C[C@H]1C2Cc1ccccc1. The van der Waals surface area contributed by atoms with Crippen LogP contribution in [0.5, 0.6) is 0 Å². The summed E-state index contributed by atoms with van der Waals surface area (Å²) in [6.07, 6.45) is 5.13. The maximum Gasteiger partial charge on any atom is 0.409 e. The molecule has 0 bridgehead atoms. The van der Waals surface area contributed by atoms with Crippen LogP contribution in [0.2, 0.25) is 0 Å². The summed E-state index contributed by atoms with van der Waals surface area (Å²) >= 11 is 0. The number of Topliss-reactive ketones (excluding diaryl/α,β-unsaturated/α-hetero) is 1. The van der Waals surface area contributed by atoms with Crippen LogP contribution in [0.3, 0.4) is 0 Å². The Balaban J connectivity index is 1.61. The van der Waals surface area contributed by atoms with Gasteiger partial charge in [0.25, 0.3) is 0 Å². The zero-order chi connectivity index (χ0) is 20.4. The molecular weight excluding hydrogens is 364 g/mol. The molecule has 4 rings (SSSR count). The van der Waals surface area contributed by atoms with E-state index in [0.29, 0.717) is 35.9 Å². The Labute approximate surface area is 173 Å². The maximum atomic E-state index is 12.5.